The molecule has 3 heterocycles. The first kappa shape index (κ1) is 34.3. The third kappa shape index (κ3) is 7.49. The van der Waals surface area contributed by atoms with Crippen molar-refractivity contribution in [3.8, 4) is 0 Å². The molecule has 2 radical (unpaired) electrons. The summed E-state index contributed by atoms with van der Waals surface area (Å²) >= 11 is 1.26. The summed E-state index contributed by atoms with van der Waals surface area (Å²) in [6, 6.07) is 13.7. The van der Waals surface area contributed by atoms with Crippen LogP contribution in [0.5, 0.6) is 0 Å². The third-order valence-corrected chi connectivity index (χ3v) is 9.91. The van der Waals surface area contributed by atoms with E-state index in [0.29, 0.717) is 34.1 Å². The standard InChI is InChI=1S/C19H20BN5O3S2.C7H11N3.C2H6/c1-24-15(11-26)13(10-21)16-18(24)25(2)19(29-16)17(14(22)8-9-23-20)30(27,28)12-6-4-3-5-7-12;1-9-5-6-3-2-4-7(8)10-6;1-2/h3-11,17,19,21H,22H2,1-2H3;2-4,9H,5H2,1H3,(H2,8,10);1-2H3/b14-8-,21-10?,23-9+;;. The van der Waals surface area contributed by atoms with E-state index in [4.69, 9.17) is 24.9 Å². The lowest BCUT2D eigenvalue weighted by Gasteiger charge is -2.30. The Bertz CT molecular complexity index is 1530. The zero-order valence-corrected chi connectivity index (χ0v) is 26.0. The van der Waals surface area contributed by atoms with Gasteiger partial charge in [0.25, 0.3) is 7.98 Å². The summed E-state index contributed by atoms with van der Waals surface area (Å²) in [6.07, 6.45) is 4.40. The van der Waals surface area contributed by atoms with Crippen molar-refractivity contribution in [2.45, 2.75) is 40.8 Å². The molecule has 0 aliphatic carbocycles. The maximum absolute atomic E-state index is 13.6. The predicted molar refractivity (Wildman–Crippen MR) is 173 cm³/mol. The number of allylic oxidation sites excluding steroid dienone is 1. The van der Waals surface area contributed by atoms with E-state index in [2.05, 4.69) is 15.2 Å². The molecule has 6 N–H and O–H groups in total. The molecule has 3 aromatic rings. The second-order valence-corrected chi connectivity index (χ2v) is 11.9. The average Bonchev–Trinajstić information content (AvgIpc) is 3.46. The molecule has 0 spiro atoms. The number of carbonyl (C=O) groups excluding carboxylic acids is 1. The Balaban J connectivity index is 0.000000431. The molecule has 222 valence electrons. The highest BCUT2D eigenvalue weighted by molar-refractivity contribution is 8.02. The summed E-state index contributed by atoms with van der Waals surface area (Å²) in [5.74, 6) is 1.23. The van der Waals surface area contributed by atoms with Gasteiger partial charge in [-0.1, -0.05) is 49.9 Å². The summed E-state index contributed by atoms with van der Waals surface area (Å²) in [5, 5.41) is 8.96. The number of carbonyl (C=O) groups is 1. The maximum Gasteiger partial charge on any atom is 0.259 e. The van der Waals surface area contributed by atoms with Gasteiger partial charge in [-0.05, 0) is 37.4 Å². The highest BCUT2D eigenvalue weighted by Crippen LogP contribution is 2.49. The van der Waals surface area contributed by atoms with Gasteiger partial charge in [0.1, 0.15) is 22.3 Å². The van der Waals surface area contributed by atoms with Crippen LogP contribution in [-0.2, 0) is 23.4 Å². The molecule has 0 fully saturated rings. The zero-order chi connectivity index (χ0) is 31.4. The normalized spacial score (nSPS) is 15.2. The van der Waals surface area contributed by atoms with Crippen molar-refractivity contribution in [3.05, 3.63) is 77.3 Å². The van der Waals surface area contributed by atoms with Crippen LogP contribution in [0.3, 0.4) is 0 Å². The largest absolute Gasteiger partial charge is 0.401 e. The van der Waals surface area contributed by atoms with Crippen molar-refractivity contribution < 1.29 is 13.2 Å². The Kier molecular flexibility index (Phi) is 13.0. The highest BCUT2D eigenvalue weighted by atomic mass is 32.2. The minimum Gasteiger partial charge on any atom is -0.401 e. The fourth-order valence-corrected chi connectivity index (χ4v) is 8.14. The van der Waals surface area contributed by atoms with Crippen molar-refractivity contribution in [1.82, 2.24) is 14.9 Å². The van der Waals surface area contributed by atoms with Crippen molar-refractivity contribution >= 4 is 59.9 Å². The smallest absolute Gasteiger partial charge is 0.259 e. The fraction of sp³-hybridized carbons (Fsp3) is 0.286. The van der Waals surface area contributed by atoms with Crippen molar-refractivity contribution in [1.29, 1.82) is 5.41 Å². The molecule has 1 aromatic carbocycles. The molecule has 14 heteroatoms. The monoisotopic (exact) mass is 608 g/mol. The lowest BCUT2D eigenvalue weighted by molar-refractivity contribution is 0.111. The summed E-state index contributed by atoms with van der Waals surface area (Å²) in [4.78, 5) is 21.5. The third-order valence-electron chi connectivity index (χ3n) is 6.15. The van der Waals surface area contributed by atoms with Crippen molar-refractivity contribution in [3.63, 3.8) is 0 Å². The van der Waals surface area contributed by atoms with Crippen LogP contribution in [-0.4, -0.2) is 69.4 Å². The van der Waals surface area contributed by atoms with E-state index in [-0.39, 0.29) is 10.6 Å². The van der Waals surface area contributed by atoms with Gasteiger partial charge in [-0.25, -0.2) is 13.4 Å². The van der Waals surface area contributed by atoms with E-state index in [1.165, 1.54) is 36.2 Å². The molecule has 1 aliphatic heterocycles. The van der Waals surface area contributed by atoms with Crippen LogP contribution in [0.1, 0.15) is 35.6 Å². The van der Waals surface area contributed by atoms with E-state index < -0.39 is 20.5 Å². The van der Waals surface area contributed by atoms with Crippen LogP contribution in [0.25, 0.3) is 0 Å². The molecule has 0 saturated heterocycles. The van der Waals surface area contributed by atoms with Crippen molar-refractivity contribution in [2.24, 2.45) is 17.7 Å². The number of benzene rings is 1. The van der Waals surface area contributed by atoms with Gasteiger partial charge in [0.05, 0.1) is 21.2 Å². The first-order valence-electron chi connectivity index (χ1n) is 13.0. The molecule has 2 unspecified atom stereocenters. The van der Waals surface area contributed by atoms with Crippen LogP contribution in [0.15, 0.2) is 75.0 Å². The number of hydrogen-bond donors (Lipinski definition) is 4. The summed E-state index contributed by atoms with van der Waals surface area (Å²) in [7, 11) is 6.60. The van der Waals surface area contributed by atoms with E-state index in [0.717, 1.165) is 18.5 Å². The van der Waals surface area contributed by atoms with E-state index in [9.17, 15) is 13.2 Å². The Morgan fingerprint density at radius 1 is 1.21 bits per heavy atom. The second-order valence-electron chi connectivity index (χ2n) is 8.72. The summed E-state index contributed by atoms with van der Waals surface area (Å²) in [5.41, 5.74) is 13.5. The van der Waals surface area contributed by atoms with Gasteiger partial charge < -0.3 is 36.6 Å². The molecule has 0 saturated carbocycles. The van der Waals surface area contributed by atoms with Crippen molar-refractivity contribution in [2.75, 3.05) is 24.7 Å². The second kappa shape index (κ2) is 15.9. The number of pyridine rings is 1. The number of anilines is 2. The molecule has 2 aromatic heterocycles. The van der Waals surface area contributed by atoms with Gasteiger partial charge in [-0.3, -0.25) is 4.79 Å². The van der Waals surface area contributed by atoms with Gasteiger partial charge in [0.2, 0.25) is 0 Å². The molecule has 42 heavy (non-hydrogen) atoms. The number of rotatable bonds is 9. The van der Waals surface area contributed by atoms with Crippen LogP contribution in [0.4, 0.5) is 11.6 Å². The number of thioether (sulfide) groups is 1. The number of nitrogens with zero attached hydrogens (tertiary/aromatic N) is 4. The molecule has 2 atom stereocenters. The summed E-state index contributed by atoms with van der Waals surface area (Å²) in [6.45, 7) is 4.77. The Labute approximate surface area is 253 Å². The van der Waals surface area contributed by atoms with Crippen LogP contribution >= 0.6 is 11.8 Å². The van der Waals surface area contributed by atoms with Gasteiger partial charge in [-0.2, -0.15) is 0 Å². The number of aromatic nitrogens is 2. The predicted octanol–water partition coefficient (Wildman–Crippen LogP) is 2.95. The fourth-order valence-electron chi connectivity index (χ4n) is 4.32. The van der Waals surface area contributed by atoms with Gasteiger partial charge in [0.15, 0.2) is 16.1 Å². The molecule has 11 nitrogen and oxygen atoms in total. The van der Waals surface area contributed by atoms with E-state index >= 15 is 0 Å². The minimum absolute atomic E-state index is 0.0808. The molecule has 0 amide bonds. The molecule has 1 aliphatic rings. The highest BCUT2D eigenvalue weighted by Gasteiger charge is 2.45. The number of nitrogen functional groups attached to an aromatic ring is 1. The van der Waals surface area contributed by atoms with Gasteiger partial charge >= 0.3 is 0 Å². The molecular formula is C28H37BN8O3S2. The first-order valence-corrected chi connectivity index (χ1v) is 15.5. The topological polar surface area (TPSA) is 173 Å². The quantitative estimate of drug-likeness (QED) is 0.162. The number of fused-ring (bicyclic) bond motifs is 1. The number of nitrogens with one attached hydrogen (secondary N) is 2. The zero-order valence-electron chi connectivity index (χ0n) is 24.4. The van der Waals surface area contributed by atoms with E-state index in [1.807, 2.05) is 33.0 Å². The summed E-state index contributed by atoms with van der Waals surface area (Å²) < 4.78 is 28.8. The number of nitrogens with two attached hydrogens (primary N) is 2. The maximum atomic E-state index is 13.6. The Morgan fingerprint density at radius 3 is 2.43 bits per heavy atom. The molecule has 0 bridgehead atoms. The lowest BCUT2D eigenvalue weighted by atomic mass is 10.2. The lowest BCUT2D eigenvalue weighted by Crippen LogP contribution is -2.44. The minimum atomic E-state index is -3.88. The van der Waals surface area contributed by atoms with Crippen LogP contribution in [0, 0.1) is 5.41 Å². The molecule has 4 rings (SSSR count). The van der Waals surface area contributed by atoms with Gasteiger partial charge in [0, 0.05) is 44.3 Å². The van der Waals surface area contributed by atoms with Crippen LogP contribution in [0.2, 0.25) is 0 Å². The molecular weight excluding hydrogens is 571 g/mol. The number of aldehydes is 1. The number of hydrogen-bond acceptors (Lipinski definition) is 11. The van der Waals surface area contributed by atoms with E-state index in [1.54, 1.807) is 47.8 Å². The SMILES string of the molecule is CC.CNCc1cccc(N)n1.[B]/N=C/C=C(\N)C(C1Sc2c(C=N)c(C=O)n(C)c2N1C)S(=O)(=O)c1ccccc1. The Morgan fingerprint density at radius 2 is 1.88 bits per heavy atom. The number of sulfone groups is 1. The van der Waals surface area contributed by atoms with Crippen LogP contribution < -0.4 is 21.7 Å². The first-order chi connectivity index (χ1) is 20.1. The Hall–Kier alpha value is -3.88. The van der Waals surface area contributed by atoms with Gasteiger partial charge in [-0.15, -0.1) is 0 Å². The average molecular weight is 609 g/mol.